The summed E-state index contributed by atoms with van der Waals surface area (Å²) in [5.74, 6) is -1.29. The van der Waals surface area contributed by atoms with Gasteiger partial charge in [0.1, 0.15) is 23.4 Å². The number of ether oxygens (including phenoxy) is 2. The van der Waals surface area contributed by atoms with Gasteiger partial charge >= 0.3 is 12.1 Å². The van der Waals surface area contributed by atoms with E-state index in [-0.39, 0.29) is 31.7 Å². The predicted molar refractivity (Wildman–Crippen MR) is 164 cm³/mol. The highest BCUT2D eigenvalue weighted by Crippen LogP contribution is 2.30. The maximum Gasteiger partial charge on any atom is 0.408 e. The fraction of sp³-hybridized carbons (Fsp3) is 0.515. The van der Waals surface area contributed by atoms with Crippen molar-refractivity contribution in [1.82, 2.24) is 15.5 Å². The van der Waals surface area contributed by atoms with E-state index in [9.17, 15) is 24.3 Å². The van der Waals surface area contributed by atoms with Crippen LogP contribution in [-0.4, -0.2) is 64.7 Å². The molecule has 0 aliphatic rings. The molecule has 10 nitrogen and oxygen atoms in total. The van der Waals surface area contributed by atoms with Crippen LogP contribution in [0, 0.1) is 13.8 Å². The summed E-state index contributed by atoms with van der Waals surface area (Å²) in [4.78, 5) is 54.9. The number of nitrogens with zero attached hydrogens (tertiary/aromatic N) is 1. The van der Waals surface area contributed by atoms with Crippen molar-refractivity contribution < 1.29 is 33.8 Å². The van der Waals surface area contributed by atoms with Crippen molar-refractivity contribution in [3.05, 3.63) is 64.7 Å². The molecule has 0 fully saturated rings. The summed E-state index contributed by atoms with van der Waals surface area (Å²) < 4.78 is 10.5. The molecule has 3 unspecified atom stereocenters. The molecule has 0 saturated carbocycles. The first-order chi connectivity index (χ1) is 20.2. The van der Waals surface area contributed by atoms with Gasteiger partial charge in [-0.1, -0.05) is 37.3 Å². The van der Waals surface area contributed by atoms with Crippen LogP contribution in [0.25, 0.3) is 0 Å². The molecule has 3 atom stereocenters. The third-order valence-electron chi connectivity index (χ3n) is 7.09. The SMILES string of the molecule is CCOC(=O)CCNC(=O)C(c1cccc(C)c1C)N(C(=O)C(Cc1ccc(O)cc1)NC(=O)OC(C)(C)C)C(C)CC. The number of carbonyl (C=O) groups excluding carboxylic acids is 4. The monoisotopic (exact) mass is 597 g/mol. The number of benzene rings is 2. The van der Waals surface area contributed by atoms with Crippen LogP contribution >= 0.6 is 0 Å². The molecule has 236 valence electrons. The van der Waals surface area contributed by atoms with Crippen LogP contribution < -0.4 is 10.6 Å². The number of carbonyl (C=O) groups is 4. The van der Waals surface area contributed by atoms with Crippen LogP contribution in [0.1, 0.15) is 82.7 Å². The minimum absolute atomic E-state index is 0.0138. The third kappa shape index (κ3) is 10.6. The van der Waals surface area contributed by atoms with Gasteiger partial charge in [0.2, 0.25) is 11.8 Å². The zero-order chi connectivity index (χ0) is 32.3. The first-order valence-electron chi connectivity index (χ1n) is 14.8. The molecule has 3 N–H and O–H groups in total. The van der Waals surface area contributed by atoms with Crippen molar-refractivity contribution in [3.8, 4) is 5.75 Å². The van der Waals surface area contributed by atoms with Crippen molar-refractivity contribution >= 4 is 23.9 Å². The van der Waals surface area contributed by atoms with E-state index < -0.39 is 47.6 Å². The van der Waals surface area contributed by atoms with Crippen LogP contribution in [0.3, 0.4) is 0 Å². The Bertz CT molecular complexity index is 1250. The van der Waals surface area contributed by atoms with E-state index in [2.05, 4.69) is 10.6 Å². The topological polar surface area (TPSA) is 134 Å². The standard InChI is InChI=1S/C33H47N3O7/c1-9-22(4)36(29(26-13-11-12-21(3)23(26)5)30(39)34-19-18-28(38)42-10-2)31(40)27(35-32(41)43-33(6,7)8)20-24-14-16-25(37)17-15-24/h11-17,22,27,29,37H,9-10,18-20H2,1-8H3,(H,34,39)(H,35,41). The highest BCUT2D eigenvalue weighted by molar-refractivity contribution is 5.93. The maximum absolute atomic E-state index is 14.6. The third-order valence-corrected chi connectivity index (χ3v) is 7.09. The maximum atomic E-state index is 14.6. The molecule has 0 bridgehead atoms. The molecule has 0 spiro atoms. The second kappa shape index (κ2) is 16.0. The van der Waals surface area contributed by atoms with E-state index in [1.807, 2.05) is 45.9 Å². The Balaban J connectivity index is 2.59. The zero-order valence-electron chi connectivity index (χ0n) is 26.7. The molecule has 0 heterocycles. The van der Waals surface area contributed by atoms with Crippen LogP contribution in [0.5, 0.6) is 5.75 Å². The molecule has 0 aromatic heterocycles. The molecule has 0 aliphatic carbocycles. The van der Waals surface area contributed by atoms with Crippen molar-refractivity contribution in [3.63, 3.8) is 0 Å². The number of rotatable bonds is 13. The lowest BCUT2D eigenvalue weighted by Crippen LogP contribution is -2.56. The number of hydrogen-bond acceptors (Lipinski definition) is 7. The van der Waals surface area contributed by atoms with Gasteiger partial charge in [-0.2, -0.15) is 0 Å². The molecule has 0 aliphatic heterocycles. The molecule has 2 rings (SSSR count). The molecule has 2 aromatic rings. The van der Waals surface area contributed by atoms with Crippen LogP contribution in [0.4, 0.5) is 4.79 Å². The Hall–Kier alpha value is -4.08. The van der Waals surface area contributed by atoms with Crippen LogP contribution in [0.15, 0.2) is 42.5 Å². The molecule has 3 amide bonds. The highest BCUT2D eigenvalue weighted by atomic mass is 16.6. The molecular formula is C33H47N3O7. The molecular weight excluding hydrogens is 550 g/mol. The van der Waals surface area contributed by atoms with E-state index in [4.69, 9.17) is 9.47 Å². The van der Waals surface area contributed by atoms with Crippen molar-refractivity contribution in [2.45, 2.75) is 98.4 Å². The fourth-order valence-corrected chi connectivity index (χ4v) is 4.60. The van der Waals surface area contributed by atoms with Crippen LogP contribution in [0.2, 0.25) is 0 Å². The van der Waals surface area contributed by atoms with Crippen molar-refractivity contribution in [2.75, 3.05) is 13.2 Å². The minimum atomic E-state index is -1.09. The number of hydrogen-bond donors (Lipinski definition) is 3. The fourth-order valence-electron chi connectivity index (χ4n) is 4.60. The van der Waals surface area contributed by atoms with E-state index in [0.29, 0.717) is 17.5 Å². The van der Waals surface area contributed by atoms with Gasteiger partial charge in [-0.3, -0.25) is 14.4 Å². The number of amides is 3. The second-order valence-corrected chi connectivity index (χ2v) is 11.6. The van der Waals surface area contributed by atoms with Gasteiger partial charge < -0.3 is 30.1 Å². The summed E-state index contributed by atoms with van der Waals surface area (Å²) in [6, 6.07) is 9.39. The Morgan fingerprint density at radius 2 is 1.65 bits per heavy atom. The van der Waals surface area contributed by atoms with Gasteiger partial charge in [0.05, 0.1) is 13.0 Å². The van der Waals surface area contributed by atoms with Gasteiger partial charge in [0, 0.05) is 19.0 Å². The number of aromatic hydroxyl groups is 1. The molecule has 43 heavy (non-hydrogen) atoms. The van der Waals surface area contributed by atoms with Crippen molar-refractivity contribution in [1.29, 1.82) is 0 Å². The lowest BCUT2D eigenvalue weighted by Gasteiger charge is -2.39. The molecule has 10 heteroatoms. The van der Waals surface area contributed by atoms with E-state index in [0.717, 1.165) is 11.1 Å². The lowest BCUT2D eigenvalue weighted by molar-refractivity contribution is -0.146. The van der Waals surface area contributed by atoms with Gasteiger partial charge in [-0.15, -0.1) is 0 Å². The summed E-state index contributed by atoms with van der Waals surface area (Å²) in [6.45, 7) is 14.8. The summed E-state index contributed by atoms with van der Waals surface area (Å²) in [5, 5.41) is 15.3. The average Bonchev–Trinajstić information content (AvgIpc) is 2.92. The Kier molecular flexibility index (Phi) is 13.0. The molecule has 2 aromatic carbocycles. The number of phenolic OH excluding ortho intramolecular Hbond substituents is 1. The molecule has 0 saturated heterocycles. The average molecular weight is 598 g/mol. The summed E-state index contributed by atoms with van der Waals surface area (Å²) in [6.07, 6.45) is -0.160. The number of phenols is 1. The lowest BCUT2D eigenvalue weighted by atomic mass is 9.93. The summed E-state index contributed by atoms with van der Waals surface area (Å²) in [5.41, 5.74) is 2.34. The van der Waals surface area contributed by atoms with E-state index in [1.54, 1.807) is 39.8 Å². The molecule has 0 radical (unpaired) electrons. The quantitative estimate of drug-likeness (QED) is 0.280. The van der Waals surface area contributed by atoms with Gasteiger partial charge in [-0.05, 0) is 89.3 Å². The predicted octanol–water partition coefficient (Wildman–Crippen LogP) is 4.88. The van der Waals surface area contributed by atoms with E-state index >= 15 is 0 Å². The Morgan fingerprint density at radius 1 is 1.00 bits per heavy atom. The minimum Gasteiger partial charge on any atom is -0.508 e. The number of nitrogens with one attached hydrogen (secondary N) is 2. The zero-order valence-corrected chi connectivity index (χ0v) is 26.7. The number of aryl methyl sites for hydroxylation is 1. The van der Waals surface area contributed by atoms with Gasteiger partial charge in [-0.25, -0.2) is 4.79 Å². The number of esters is 1. The van der Waals surface area contributed by atoms with E-state index in [1.165, 1.54) is 17.0 Å². The normalized spacial score (nSPS) is 13.3. The summed E-state index contributed by atoms with van der Waals surface area (Å²) >= 11 is 0. The first-order valence-corrected chi connectivity index (χ1v) is 14.8. The first kappa shape index (κ1) is 35.1. The summed E-state index contributed by atoms with van der Waals surface area (Å²) in [7, 11) is 0. The van der Waals surface area contributed by atoms with Gasteiger partial charge in [0.15, 0.2) is 0 Å². The Labute approximate surface area is 255 Å². The number of alkyl carbamates (subject to hydrolysis) is 1. The van der Waals surface area contributed by atoms with Gasteiger partial charge in [0.25, 0.3) is 0 Å². The van der Waals surface area contributed by atoms with Crippen LogP contribution in [-0.2, 0) is 30.3 Å². The highest BCUT2D eigenvalue weighted by Gasteiger charge is 2.39. The Morgan fingerprint density at radius 3 is 2.23 bits per heavy atom. The second-order valence-electron chi connectivity index (χ2n) is 11.6. The largest absolute Gasteiger partial charge is 0.508 e. The van der Waals surface area contributed by atoms with Crippen molar-refractivity contribution in [2.24, 2.45) is 0 Å². The smallest absolute Gasteiger partial charge is 0.408 e.